The number of hydrogen-bond acceptors (Lipinski definition) is 4. The number of rotatable bonds is 3. The second-order valence-corrected chi connectivity index (χ2v) is 5.88. The van der Waals surface area contributed by atoms with E-state index in [1.165, 1.54) is 31.2 Å². The summed E-state index contributed by atoms with van der Waals surface area (Å²) in [6, 6.07) is 8.66. The predicted molar refractivity (Wildman–Crippen MR) is 80.1 cm³/mol. The van der Waals surface area contributed by atoms with Gasteiger partial charge in [0, 0.05) is 19.1 Å². The second kappa shape index (κ2) is 6.46. The van der Waals surface area contributed by atoms with E-state index in [4.69, 9.17) is 9.47 Å². The second-order valence-electron chi connectivity index (χ2n) is 5.88. The average molecular weight is 286 g/mol. The highest BCUT2D eigenvalue weighted by Crippen LogP contribution is 2.30. The molecule has 0 aromatic heterocycles. The van der Waals surface area contributed by atoms with Gasteiger partial charge in [-0.1, -0.05) is 18.9 Å². The fourth-order valence-corrected chi connectivity index (χ4v) is 3.55. The SMILES string of the molecule is COc1ccc(CN2CCOC3CCCCC32)cc1C#N. The number of fused-ring (bicyclic) bond motifs is 1. The smallest absolute Gasteiger partial charge is 0.136 e. The van der Waals surface area contributed by atoms with Crippen molar-refractivity contribution in [3.05, 3.63) is 29.3 Å². The largest absolute Gasteiger partial charge is 0.495 e. The van der Waals surface area contributed by atoms with Crippen LogP contribution in [0, 0.1) is 11.3 Å². The van der Waals surface area contributed by atoms with Crippen molar-refractivity contribution in [2.75, 3.05) is 20.3 Å². The van der Waals surface area contributed by atoms with Gasteiger partial charge in [0.05, 0.1) is 25.4 Å². The zero-order chi connectivity index (χ0) is 14.7. The van der Waals surface area contributed by atoms with E-state index >= 15 is 0 Å². The van der Waals surface area contributed by atoms with Gasteiger partial charge >= 0.3 is 0 Å². The minimum atomic E-state index is 0.404. The third-order valence-corrected chi connectivity index (χ3v) is 4.62. The molecule has 4 heteroatoms. The Morgan fingerprint density at radius 2 is 2.24 bits per heavy atom. The van der Waals surface area contributed by atoms with E-state index in [0.717, 1.165) is 19.7 Å². The first-order chi connectivity index (χ1) is 10.3. The molecule has 1 aromatic carbocycles. The Kier molecular flexibility index (Phi) is 4.42. The van der Waals surface area contributed by atoms with Crippen molar-refractivity contribution in [3.8, 4) is 11.8 Å². The summed E-state index contributed by atoms with van der Waals surface area (Å²) in [4.78, 5) is 2.52. The third-order valence-electron chi connectivity index (χ3n) is 4.62. The number of methoxy groups -OCH3 is 1. The molecule has 2 atom stereocenters. The van der Waals surface area contributed by atoms with Crippen molar-refractivity contribution in [2.24, 2.45) is 0 Å². The lowest BCUT2D eigenvalue weighted by molar-refractivity contribution is -0.0911. The minimum Gasteiger partial charge on any atom is -0.495 e. The van der Waals surface area contributed by atoms with Crippen molar-refractivity contribution in [2.45, 2.75) is 44.4 Å². The van der Waals surface area contributed by atoms with Gasteiger partial charge in [0.1, 0.15) is 11.8 Å². The lowest BCUT2D eigenvalue weighted by Crippen LogP contribution is -2.52. The summed E-state index contributed by atoms with van der Waals surface area (Å²) in [5, 5.41) is 9.20. The Balaban J connectivity index is 1.75. The zero-order valence-corrected chi connectivity index (χ0v) is 12.5. The standard InChI is InChI=1S/C17H22N2O2/c1-20-16-7-6-13(10-14(16)11-18)12-19-8-9-21-17-5-3-2-4-15(17)19/h6-7,10,15,17H,2-5,8-9,12H2,1H3. The van der Waals surface area contributed by atoms with Crippen LogP contribution >= 0.6 is 0 Å². The lowest BCUT2D eigenvalue weighted by Gasteiger charge is -2.43. The van der Waals surface area contributed by atoms with Crippen molar-refractivity contribution in [3.63, 3.8) is 0 Å². The van der Waals surface area contributed by atoms with Gasteiger partial charge in [-0.3, -0.25) is 4.90 Å². The molecule has 1 heterocycles. The van der Waals surface area contributed by atoms with E-state index in [1.54, 1.807) is 7.11 Å². The van der Waals surface area contributed by atoms with Crippen molar-refractivity contribution >= 4 is 0 Å². The molecule has 1 saturated heterocycles. The maximum atomic E-state index is 9.20. The molecule has 0 radical (unpaired) electrons. The van der Waals surface area contributed by atoms with E-state index in [-0.39, 0.29) is 0 Å². The van der Waals surface area contributed by atoms with Crippen LogP contribution in [0.5, 0.6) is 5.75 Å². The monoisotopic (exact) mass is 286 g/mol. The molecule has 0 bridgehead atoms. The summed E-state index contributed by atoms with van der Waals surface area (Å²) in [7, 11) is 1.60. The molecule has 1 aromatic rings. The van der Waals surface area contributed by atoms with Crippen LogP contribution in [-0.4, -0.2) is 37.3 Å². The number of benzene rings is 1. The summed E-state index contributed by atoms with van der Waals surface area (Å²) < 4.78 is 11.1. The topological polar surface area (TPSA) is 45.5 Å². The molecule has 21 heavy (non-hydrogen) atoms. The summed E-state index contributed by atoms with van der Waals surface area (Å²) in [5.74, 6) is 0.652. The first-order valence-corrected chi connectivity index (χ1v) is 7.74. The molecule has 4 nitrogen and oxygen atoms in total. The normalized spacial score (nSPS) is 25.9. The fourth-order valence-electron chi connectivity index (χ4n) is 3.55. The van der Waals surface area contributed by atoms with Gasteiger partial charge in [0.25, 0.3) is 0 Å². The molecule has 0 spiro atoms. The Morgan fingerprint density at radius 3 is 3.05 bits per heavy atom. The van der Waals surface area contributed by atoms with E-state index in [1.807, 2.05) is 12.1 Å². The van der Waals surface area contributed by atoms with E-state index in [9.17, 15) is 5.26 Å². The first-order valence-electron chi connectivity index (χ1n) is 7.74. The molecule has 1 aliphatic heterocycles. The van der Waals surface area contributed by atoms with Crippen molar-refractivity contribution in [1.82, 2.24) is 4.90 Å². The fraction of sp³-hybridized carbons (Fsp3) is 0.588. The first kappa shape index (κ1) is 14.4. The Bertz CT molecular complexity index is 536. The summed E-state index contributed by atoms with van der Waals surface area (Å²) in [6.45, 7) is 2.70. The van der Waals surface area contributed by atoms with E-state index in [2.05, 4.69) is 17.0 Å². The molecule has 0 amide bonds. The minimum absolute atomic E-state index is 0.404. The van der Waals surface area contributed by atoms with Gasteiger partial charge in [-0.25, -0.2) is 0 Å². The Morgan fingerprint density at radius 1 is 1.38 bits per heavy atom. The van der Waals surface area contributed by atoms with Crippen LogP contribution in [0.3, 0.4) is 0 Å². The quantitative estimate of drug-likeness (QED) is 0.857. The molecule has 3 rings (SSSR count). The van der Waals surface area contributed by atoms with Crippen LogP contribution in [0.15, 0.2) is 18.2 Å². The van der Waals surface area contributed by atoms with Gasteiger partial charge in [-0.05, 0) is 30.5 Å². The number of hydrogen-bond donors (Lipinski definition) is 0. The molecule has 2 unspecified atom stereocenters. The maximum Gasteiger partial charge on any atom is 0.136 e. The molecule has 1 saturated carbocycles. The lowest BCUT2D eigenvalue weighted by atomic mass is 9.90. The van der Waals surface area contributed by atoms with Crippen LogP contribution in [0.1, 0.15) is 36.8 Å². The zero-order valence-electron chi connectivity index (χ0n) is 12.5. The van der Waals surface area contributed by atoms with Crippen LogP contribution in [0.2, 0.25) is 0 Å². The molecule has 0 N–H and O–H groups in total. The number of nitrogens with zero attached hydrogens (tertiary/aromatic N) is 2. The van der Waals surface area contributed by atoms with Crippen LogP contribution in [0.25, 0.3) is 0 Å². The number of morpholine rings is 1. The van der Waals surface area contributed by atoms with Gasteiger partial charge in [-0.15, -0.1) is 0 Å². The predicted octanol–water partition coefficient (Wildman–Crippen LogP) is 2.71. The molecule has 2 aliphatic rings. The molecule has 2 fully saturated rings. The van der Waals surface area contributed by atoms with Gasteiger partial charge < -0.3 is 9.47 Å². The summed E-state index contributed by atoms with van der Waals surface area (Å²) in [6.07, 6.45) is 5.41. The van der Waals surface area contributed by atoms with Crippen LogP contribution in [0.4, 0.5) is 0 Å². The highest BCUT2D eigenvalue weighted by Gasteiger charge is 2.33. The molecule has 1 aliphatic carbocycles. The van der Waals surface area contributed by atoms with Gasteiger partial charge in [-0.2, -0.15) is 5.26 Å². The highest BCUT2D eigenvalue weighted by molar-refractivity contribution is 5.45. The van der Waals surface area contributed by atoms with Crippen molar-refractivity contribution < 1.29 is 9.47 Å². The van der Waals surface area contributed by atoms with Crippen molar-refractivity contribution in [1.29, 1.82) is 5.26 Å². The highest BCUT2D eigenvalue weighted by atomic mass is 16.5. The van der Waals surface area contributed by atoms with Gasteiger partial charge in [0.15, 0.2) is 0 Å². The van der Waals surface area contributed by atoms with Crippen LogP contribution < -0.4 is 4.74 Å². The van der Waals surface area contributed by atoms with E-state index < -0.39 is 0 Å². The third kappa shape index (κ3) is 3.04. The van der Waals surface area contributed by atoms with Crippen LogP contribution in [-0.2, 0) is 11.3 Å². The van der Waals surface area contributed by atoms with E-state index in [0.29, 0.717) is 23.5 Å². The van der Waals surface area contributed by atoms with Gasteiger partial charge in [0.2, 0.25) is 0 Å². The Labute approximate surface area is 126 Å². The number of nitriles is 1. The summed E-state index contributed by atoms with van der Waals surface area (Å²) >= 11 is 0. The maximum absolute atomic E-state index is 9.20. The molecule has 112 valence electrons. The summed E-state index contributed by atoms with van der Waals surface area (Å²) in [5.41, 5.74) is 1.79. The Hall–Kier alpha value is -1.57. The number of ether oxygens (including phenoxy) is 2. The molecular formula is C17H22N2O2. The average Bonchev–Trinajstić information content (AvgIpc) is 2.55. The molecular weight excluding hydrogens is 264 g/mol.